The number of carbonyl (C=O) groups excluding carboxylic acids is 2. The lowest BCUT2D eigenvalue weighted by Crippen LogP contribution is -2.23. The molecule has 0 spiro atoms. The van der Waals surface area contributed by atoms with Crippen LogP contribution in [0.5, 0.6) is 5.75 Å². The van der Waals surface area contributed by atoms with Gasteiger partial charge in [-0.25, -0.2) is 14.5 Å². The number of hydrogen-bond donors (Lipinski definition) is 3. The van der Waals surface area contributed by atoms with Gasteiger partial charge in [0.2, 0.25) is 0 Å². The molecule has 0 bridgehead atoms. The summed E-state index contributed by atoms with van der Waals surface area (Å²) in [5.41, 5.74) is 10.1. The normalized spacial score (nSPS) is 10.9. The molecule has 5 aromatic rings. The van der Waals surface area contributed by atoms with Crippen molar-refractivity contribution in [2.75, 3.05) is 12.4 Å². The van der Waals surface area contributed by atoms with E-state index in [9.17, 15) is 9.59 Å². The standard InChI is InChI=1S/C25H22N8O3S/c1-14-3-4-15(9-27-14)10-29-25(35)18-6-5-17(8-20(18)36-2)32-23-24-30-13-31-33(24)19(11-28-23)16-7-21(22(26)34)37-12-16/h3-9,11-13H,10H2,1-2H3,(H2,26,34)(H,28,32)(H,29,35). The zero-order valence-corrected chi connectivity index (χ0v) is 20.7. The Hall–Kier alpha value is -4.84. The zero-order valence-electron chi connectivity index (χ0n) is 19.9. The number of thiophene rings is 1. The average molecular weight is 515 g/mol. The average Bonchev–Trinajstić information content (AvgIpc) is 3.59. The first-order valence-corrected chi connectivity index (χ1v) is 12.0. The summed E-state index contributed by atoms with van der Waals surface area (Å²) < 4.78 is 7.11. The maximum atomic E-state index is 12.8. The molecular formula is C25H22N8O3S. The van der Waals surface area contributed by atoms with Gasteiger partial charge in [0.05, 0.1) is 29.4 Å². The number of aromatic nitrogens is 5. The number of nitrogens with zero attached hydrogens (tertiary/aromatic N) is 5. The summed E-state index contributed by atoms with van der Waals surface area (Å²) in [5, 5.41) is 12.2. The second-order valence-electron chi connectivity index (χ2n) is 8.08. The fraction of sp³-hybridized carbons (Fsp3) is 0.120. The van der Waals surface area contributed by atoms with Crippen LogP contribution in [0.4, 0.5) is 11.5 Å². The molecule has 0 fully saturated rings. The van der Waals surface area contributed by atoms with Crippen molar-refractivity contribution in [3.63, 3.8) is 0 Å². The smallest absolute Gasteiger partial charge is 0.258 e. The van der Waals surface area contributed by atoms with E-state index in [1.165, 1.54) is 24.8 Å². The second kappa shape index (κ2) is 10.0. The topological polar surface area (TPSA) is 149 Å². The molecule has 0 aliphatic carbocycles. The van der Waals surface area contributed by atoms with Gasteiger partial charge in [0.1, 0.15) is 12.1 Å². The maximum absolute atomic E-state index is 12.8. The molecule has 12 heteroatoms. The van der Waals surface area contributed by atoms with E-state index in [4.69, 9.17) is 10.5 Å². The van der Waals surface area contributed by atoms with E-state index < -0.39 is 5.91 Å². The van der Waals surface area contributed by atoms with E-state index in [0.29, 0.717) is 45.6 Å². The number of pyridine rings is 1. The lowest BCUT2D eigenvalue weighted by atomic mass is 10.1. The number of ether oxygens (including phenoxy) is 1. The Bertz CT molecular complexity index is 1610. The van der Waals surface area contributed by atoms with Gasteiger partial charge in [-0.15, -0.1) is 11.3 Å². The van der Waals surface area contributed by atoms with Gasteiger partial charge in [-0.3, -0.25) is 14.6 Å². The van der Waals surface area contributed by atoms with Gasteiger partial charge in [-0.1, -0.05) is 6.07 Å². The fourth-order valence-electron chi connectivity index (χ4n) is 3.68. The molecule has 37 heavy (non-hydrogen) atoms. The highest BCUT2D eigenvalue weighted by atomic mass is 32.1. The molecule has 1 aromatic carbocycles. The summed E-state index contributed by atoms with van der Waals surface area (Å²) in [4.78, 5) is 37.8. The first-order chi connectivity index (χ1) is 17.9. The molecule has 0 unspecified atom stereocenters. The van der Waals surface area contributed by atoms with Crippen molar-refractivity contribution < 1.29 is 14.3 Å². The van der Waals surface area contributed by atoms with Gasteiger partial charge in [0, 0.05) is 41.1 Å². The van der Waals surface area contributed by atoms with Gasteiger partial charge in [-0.2, -0.15) is 5.10 Å². The summed E-state index contributed by atoms with van der Waals surface area (Å²) in [6, 6.07) is 10.7. The van der Waals surface area contributed by atoms with Gasteiger partial charge in [-0.05, 0) is 36.8 Å². The molecule has 5 rings (SSSR count). The van der Waals surface area contributed by atoms with E-state index in [1.807, 2.05) is 24.4 Å². The summed E-state index contributed by atoms with van der Waals surface area (Å²) in [5.74, 6) is 0.0987. The summed E-state index contributed by atoms with van der Waals surface area (Å²) in [6.07, 6.45) is 4.79. The van der Waals surface area contributed by atoms with Crippen molar-refractivity contribution in [2.45, 2.75) is 13.5 Å². The van der Waals surface area contributed by atoms with Crippen LogP contribution < -0.4 is 21.1 Å². The number of hydrogen-bond acceptors (Lipinski definition) is 9. The van der Waals surface area contributed by atoms with Crippen LogP contribution >= 0.6 is 11.3 Å². The van der Waals surface area contributed by atoms with Gasteiger partial charge in [0.25, 0.3) is 11.8 Å². The number of carbonyl (C=O) groups is 2. The molecule has 0 saturated heterocycles. The predicted octanol–water partition coefficient (Wildman–Crippen LogP) is 3.34. The maximum Gasteiger partial charge on any atom is 0.258 e. The number of primary amides is 1. The third-order valence-electron chi connectivity index (χ3n) is 5.58. The van der Waals surface area contributed by atoms with Crippen molar-refractivity contribution in [2.24, 2.45) is 5.73 Å². The highest BCUT2D eigenvalue weighted by molar-refractivity contribution is 7.12. The number of nitrogens with two attached hydrogens (primary N) is 1. The first kappa shape index (κ1) is 23.9. The van der Waals surface area contributed by atoms with E-state index >= 15 is 0 Å². The molecule has 0 radical (unpaired) electrons. The number of rotatable bonds is 8. The van der Waals surface area contributed by atoms with Gasteiger partial charge in [0.15, 0.2) is 11.5 Å². The molecule has 0 atom stereocenters. The molecule has 0 aliphatic heterocycles. The summed E-state index contributed by atoms with van der Waals surface area (Å²) >= 11 is 1.25. The Morgan fingerprint density at radius 2 is 1.97 bits per heavy atom. The van der Waals surface area contributed by atoms with Crippen LogP contribution in [-0.4, -0.2) is 43.5 Å². The second-order valence-corrected chi connectivity index (χ2v) is 8.99. The number of anilines is 2. The summed E-state index contributed by atoms with van der Waals surface area (Å²) in [6.45, 7) is 2.26. The Labute approximate surface area is 215 Å². The molecule has 2 amide bonds. The lowest BCUT2D eigenvalue weighted by Gasteiger charge is -2.13. The van der Waals surface area contributed by atoms with Crippen molar-refractivity contribution in [1.29, 1.82) is 0 Å². The largest absolute Gasteiger partial charge is 0.496 e. The van der Waals surface area contributed by atoms with Gasteiger partial charge < -0.3 is 21.1 Å². The number of aryl methyl sites for hydroxylation is 1. The number of fused-ring (bicyclic) bond motifs is 1. The van der Waals surface area contributed by atoms with E-state index in [1.54, 1.807) is 41.2 Å². The Morgan fingerprint density at radius 1 is 1.11 bits per heavy atom. The molecule has 0 aliphatic rings. The number of methoxy groups -OCH3 is 1. The predicted molar refractivity (Wildman–Crippen MR) is 139 cm³/mol. The minimum absolute atomic E-state index is 0.266. The molecule has 186 valence electrons. The van der Waals surface area contributed by atoms with Crippen LogP contribution in [0, 0.1) is 6.92 Å². The Kier molecular flexibility index (Phi) is 6.47. The molecule has 4 heterocycles. The van der Waals surface area contributed by atoms with Crippen molar-refractivity contribution in [1.82, 2.24) is 29.9 Å². The minimum Gasteiger partial charge on any atom is -0.496 e. The van der Waals surface area contributed by atoms with E-state index in [-0.39, 0.29) is 5.91 Å². The third-order valence-corrected chi connectivity index (χ3v) is 6.52. The van der Waals surface area contributed by atoms with Crippen molar-refractivity contribution in [3.05, 3.63) is 82.2 Å². The third kappa shape index (κ3) is 4.95. The number of amides is 2. The fourth-order valence-corrected chi connectivity index (χ4v) is 4.43. The van der Waals surface area contributed by atoms with Crippen LogP contribution in [0.2, 0.25) is 0 Å². The van der Waals surface area contributed by atoms with Crippen LogP contribution in [0.1, 0.15) is 31.3 Å². The van der Waals surface area contributed by atoms with Gasteiger partial charge >= 0.3 is 0 Å². The molecule has 0 saturated carbocycles. The Morgan fingerprint density at radius 3 is 2.70 bits per heavy atom. The minimum atomic E-state index is -0.490. The Balaban J connectivity index is 1.36. The van der Waals surface area contributed by atoms with E-state index in [0.717, 1.165) is 16.8 Å². The van der Waals surface area contributed by atoms with Crippen LogP contribution in [-0.2, 0) is 6.54 Å². The first-order valence-electron chi connectivity index (χ1n) is 11.1. The monoisotopic (exact) mass is 514 g/mol. The summed E-state index contributed by atoms with van der Waals surface area (Å²) in [7, 11) is 1.50. The number of nitrogens with one attached hydrogen (secondary N) is 2. The lowest BCUT2D eigenvalue weighted by molar-refractivity contribution is 0.0946. The molecule has 4 N–H and O–H groups in total. The van der Waals surface area contributed by atoms with Crippen molar-refractivity contribution >= 4 is 40.3 Å². The zero-order chi connectivity index (χ0) is 25.9. The molecule has 11 nitrogen and oxygen atoms in total. The van der Waals surface area contributed by atoms with Crippen molar-refractivity contribution in [3.8, 4) is 17.0 Å². The van der Waals surface area contributed by atoms with Crippen LogP contribution in [0.15, 0.2) is 60.5 Å². The van der Waals surface area contributed by atoms with E-state index in [2.05, 4.69) is 30.7 Å². The van der Waals surface area contributed by atoms with Crippen LogP contribution in [0.3, 0.4) is 0 Å². The number of benzene rings is 1. The highest BCUT2D eigenvalue weighted by Gasteiger charge is 2.16. The molecule has 4 aromatic heterocycles. The highest BCUT2D eigenvalue weighted by Crippen LogP contribution is 2.29. The molecular weight excluding hydrogens is 492 g/mol. The quantitative estimate of drug-likeness (QED) is 0.285. The SMILES string of the molecule is COc1cc(Nc2ncc(-c3csc(C(N)=O)c3)n3ncnc23)ccc1C(=O)NCc1ccc(C)nc1. The van der Waals surface area contributed by atoms with Crippen LogP contribution in [0.25, 0.3) is 16.9 Å².